The van der Waals surface area contributed by atoms with Crippen LogP contribution in [-0.4, -0.2) is 41.9 Å². The van der Waals surface area contributed by atoms with Crippen molar-refractivity contribution in [3.8, 4) is 0 Å². The van der Waals surface area contributed by atoms with Crippen molar-refractivity contribution >= 4 is 17.5 Å². The van der Waals surface area contributed by atoms with Crippen LogP contribution in [0.5, 0.6) is 0 Å². The number of piperazine rings is 1. The van der Waals surface area contributed by atoms with Crippen molar-refractivity contribution < 1.29 is 4.79 Å². The molecule has 0 atom stereocenters. The van der Waals surface area contributed by atoms with E-state index in [0.29, 0.717) is 11.8 Å². The molecule has 1 amide bonds. The zero-order valence-corrected chi connectivity index (χ0v) is 13.9. The van der Waals surface area contributed by atoms with Gasteiger partial charge in [0.05, 0.1) is 0 Å². The molecule has 4 heteroatoms. The Hall–Kier alpha value is -1.06. The molecule has 22 heavy (non-hydrogen) atoms. The minimum absolute atomic E-state index is 0.373. The Kier molecular flexibility index (Phi) is 5.37. The van der Waals surface area contributed by atoms with Gasteiger partial charge in [-0.3, -0.25) is 9.69 Å². The molecule has 3 rings (SSSR count). The number of carbonyl (C=O) groups excluding carboxylic acids is 1. The van der Waals surface area contributed by atoms with Crippen LogP contribution in [0.15, 0.2) is 24.3 Å². The summed E-state index contributed by atoms with van der Waals surface area (Å²) in [6.45, 7) is 4.64. The fourth-order valence-electron chi connectivity index (χ4n) is 3.59. The number of rotatable bonds is 4. The van der Waals surface area contributed by atoms with E-state index in [1.807, 2.05) is 12.1 Å². The maximum absolute atomic E-state index is 12.3. The van der Waals surface area contributed by atoms with Crippen molar-refractivity contribution in [2.24, 2.45) is 5.92 Å². The summed E-state index contributed by atoms with van der Waals surface area (Å²) in [5.74, 6) is 1.03. The second-order valence-corrected chi connectivity index (χ2v) is 7.07. The largest absolute Gasteiger partial charge is 0.340 e. The number of benzene rings is 1. The average Bonchev–Trinajstić information content (AvgIpc) is 3.03. The summed E-state index contributed by atoms with van der Waals surface area (Å²) in [4.78, 5) is 16.8. The van der Waals surface area contributed by atoms with Gasteiger partial charge in [-0.15, -0.1) is 0 Å². The average molecular weight is 321 g/mol. The van der Waals surface area contributed by atoms with Crippen LogP contribution in [0, 0.1) is 5.92 Å². The van der Waals surface area contributed by atoms with Crippen LogP contribution in [-0.2, 0) is 11.3 Å². The molecule has 0 bridgehead atoms. The van der Waals surface area contributed by atoms with E-state index < -0.39 is 0 Å². The van der Waals surface area contributed by atoms with E-state index in [4.69, 9.17) is 11.6 Å². The van der Waals surface area contributed by atoms with Crippen LogP contribution in [0.3, 0.4) is 0 Å². The lowest BCUT2D eigenvalue weighted by molar-refractivity contribution is -0.134. The molecule has 1 aromatic carbocycles. The molecule has 2 fully saturated rings. The molecule has 0 spiro atoms. The number of halogens is 1. The highest BCUT2D eigenvalue weighted by Crippen LogP contribution is 2.28. The Balaban J connectivity index is 1.43. The van der Waals surface area contributed by atoms with Crippen molar-refractivity contribution in [1.29, 1.82) is 0 Å². The van der Waals surface area contributed by atoms with Gasteiger partial charge >= 0.3 is 0 Å². The maximum Gasteiger partial charge on any atom is 0.222 e. The number of hydrogen-bond acceptors (Lipinski definition) is 2. The van der Waals surface area contributed by atoms with Crippen molar-refractivity contribution in [2.45, 2.75) is 38.6 Å². The SMILES string of the molecule is O=C(CC1CCCC1)N1CCN(Cc2ccc(Cl)cc2)CC1. The van der Waals surface area contributed by atoms with Gasteiger partial charge < -0.3 is 4.90 Å². The highest BCUT2D eigenvalue weighted by Gasteiger charge is 2.25. The minimum Gasteiger partial charge on any atom is -0.340 e. The van der Waals surface area contributed by atoms with Crippen LogP contribution in [0.2, 0.25) is 5.02 Å². The molecule has 120 valence electrons. The predicted octanol–water partition coefficient (Wildman–Crippen LogP) is 3.56. The summed E-state index contributed by atoms with van der Waals surface area (Å²) in [6.07, 6.45) is 5.90. The molecule has 1 saturated heterocycles. The quantitative estimate of drug-likeness (QED) is 0.847. The molecule has 0 aromatic heterocycles. The van der Waals surface area contributed by atoms with Crippen molar-refractivity contribution in [3.05, 3.63) is 34.9 Å². The number of amides is 1. The van der Waals surface area contributed by atoms with Crippen LogP contribution >= 0.6 is 11.6 Å². The van der Waals surface area contributed by atoms with E-state index >= 15 is 0 Å². The second kappa shape index (κ2) is 7.47. The van der Waals surface area contributed by atoms with E-state index in [2.05, 4.69) is 21.9 Å². The first-order valence-corrected chi connectivity index (χ1v) is 8.83. The first kappa shape index (κ1) is 15.8. The molecule has 1 aromatic rings. The summed E-state index contributed by atoms with van der Waals surface area (Å²) < 4.78 is 0. The Morgan fingerprint density at radius 1 is 1.05 bits per heavy atom. The predicted molar refractivity (Wildman–Crippen MR) is 89.9 cm³/mol. The van der Waals surface area contributed by atoms with Gasteiger partial charge in [-0.25, -0.2) is 0 Å². The molecular formula is C18H25ClN2O. The maximum atomic E-state index is 12.3. The molecular weight excluding hydrogens is 296 g/mol. The lowest BCUT2D eigenvalue weighted by atomic mass is 10.0. The first-order valence-electron chi connectivity index (χ1n) is 8.45. The van der Waals surface area contributed by atoms with Gasteiger partial charge in [-0.2, -0.15) is 0 Å². The van der Waals surface area contributed by atoms with Gasteiger partial charge in [0.1, 0.15) is 0 Å². The highest BCUT2D eigenvalue weighted by atomic mass is 35.5. The molecule has 1 saturated carbocycles. The Labute approximate surface area is 138 Å². The molecule has 1 heterocycles. The van der Waals surface area contributed by atoms with Gasteiger partial charge in [0, 0.05) is 44.2 Å². The summed E-state index contributed by atoms with van der Waals surface area (Å²) in [5, 5.41) is 0.783. The third kappa shape index (κ3) is 4.23. The van der Waals surface area contributed by atoms with Gasteiger partial charge in [-0.05, 0) is 36.5 Å². The van der Waals surface area contributed by atoms with E-state index in [1.54, 1.807) is 0 Å². The zero-order chi connectivity index (χ0) is 15.4. The molecule has 0 unspecified atom stereocenters. The smallest absolute Gasteiger partial charge is 0.222 e. The van der Waals surface area contributed by atoms with Gasteiger partial charge in [0.15, 0.2) is 0 Å². The first-order chi connectivity index (χ1) is 10.7. The van der Waals surface area contributed by atoms with E-state index in [0.717, 1.165) is 44.2 Å². The third-order valence-corrected chi connectivity index (χ3v) is 5.23. The van der Waals surface area contributed by atoms with Crippen LogP contribution in [0.1, 0.15) is 37.7 Å². The van der Waals surface area contributed by atoms with Crippen LogP contribution < -0.4 is 0 Å². The van der Waals surface area contributed by atoms with Crippen LogP contribution in [0.25, 0.3) is 0 Å². The number of hydrogen-bond donors (Lipinski definition) is 0. The summed E-state index contributed by atoms with van der Waals surface area (Å²) in [6, 6.07) is 8.05. The summed E-state index contributed by atoms with van der Waals surface area (Å²) >= 11 is 5.92. The lowest BCUT2D eigenvalue weighted by Crippen LogP contribution is -2.48. The van der Waals surface area contributed by atoms with Crippen molar-refractivity contribution in [3.63, 3.8) is 0 Å². The molecule has 3 nitrogen and oxygen atoms in total. The highest BCUT2D eigenvalue weighted by molar-refractivity contribution is 6.30. The number of carbonyl (C=O) groups is 1. The topological polar surface area (TPSA) is 23.6 Å². The Morgan fingerprint density at radius 3 is 2.32 bits per heavy atom. The normalized spacial score (nSPS) is 20.5. The third-order valence-electron chi connectivity index (χ3n) is 4.98. The van der Waals surface area contributed by atoms with Crippen LogP contribution in [0.4, 0.5) is 0 Å². The van der Waals surface area contributed by atoms with Gasteiger partial charge in [0.2, 0.25) is 5.91 Å². The Morgan fingerprint density at radius 2 is 1.68 bits per heavy atom. The zero-order valence-electron chi connectivity index (χ0n) is 13.1. The van der Waals surface area contributed by atoms with E-state index in [9.17, 15) is 4.79 Å². The van der Waals surface area contributed by atoms with Crippen molar-refractivity contribution in [2.75, 3.05) is 26.2 Å². The lowest BCUT2D eigenvalue weighted by Gasteiger charge is -2.35. The van der Waals surface area contributed by atoms with Gasteiger partial charge in [0.25, 0.3) is 0 Å². The molecule has 1 aliphatic heterocycles. The number of nitrogens with zero attached hydrogens (tertiary/aromatic N) is 2. The molecule has 2 aliphatic rings. The van der Waals surface area contributed by atoms with E-state index in [1.165, 1.54) is 31.2 Å². The summed E-state index contributed by atoms with van der Waals surface area (Å²) in [5.41, 5.74) is 1.29. The molecule has 0 radical (unpaired) electrons. The second-order valence-electron chi connectivity index (χ2n) is 6.64. The monoisotopic (exact) mass is 320 g/mol. The Bertz CT molecular complexity index is 488. The summed E-state index contributed by atoms with van der Waals surface area (Å²) in [7, 11) is 0. The van der Waals surface area contributed by atoms with Gasteiger partial charge in [-0.1, -0.05) is 36.6 Å². The molecule has 1 aliphatic carbocycles. The molecule has 0 N–H and O–H groups in total. The fourth-order valence-corrected chi connectivity index (χ4v) is 3.72. The minimum atomic E-state index is 0.373. The van der Waals surface area contributed by atoms with Crippen molar-refractivity contribution in [1.82, 2.24) is 9.80 Å². The van der Waals surface area contributed by atoms with E-state index in [-0.39, 0.29) is 0 Å². The standard InChI is InChI=1S/C18H25ClN2O/c19-17-7-5-16(6-8-17)14-20-9-11-21(12-10-20)18(22)13-15-3-1-2-4-15/h5-8,15H,1-4,9-14H2. The fraction of sp³-hybridized carbons (Fsp3) is 0.611.